The monoisotopic (exact) mass is 385 g/mol. The second kappa shape index (κ2) is 8.66. The molecule has 0 aliphatic heterocycles. The van der Waals surface area contributed by atoms with Crippen LogP contribution in [0.25, 0.3) is 0 Å². The van der Waals surface area contributed by atoms with Gasteiger partial charge in [0, 0.05) is 0 Å². The summed E-state index contributed by atoms with van der Waals surface area (Å²) in [7, 11) is 0. The van der Waals surface area contributed by atoms with Crippen LogP contribution in [0, 0.1) is 0 Å². The molecular formula is C13H13BrOSb. The molecule has 1 radical (unpaired) electrons. The maximum absolute atomic E-state index is 8.63. The van der Waals surface area contributed by atoms with Crippen LogP contribution in [0.1, 0.15) is 5.56 Å². The van der Waals surface area contributed by atoms with Crippen LogP contribution in [0.15, 0.2) is 60.7 Å². The molecule has 83 valence electrons. The van der Waals surface area contributed by atoms with Crippen LogP contribution >= 0.6 is 12.6 Å². The molecule has 0 saturated carbocycles. The van der Waals surface area contributed by atoms with E-state index in [4.69, 9.17) is 5.11 Å². The molecule has 0 aliphatic rings. The van der Waals surface area contributed by atoms with Crippen LogP contribution in [-0.4, -0.2) is 24.5 Å². The van der Waals surface area contributed by atoms with E-state index in [9.17, 15) is 0 Å². The number of phenols is 1. The van der Waals surface area contributed by atoms with Crippen LogP contribution in [-0.2, 0) is 4.37 Å². The topological polar surface area (TPSA) is 20.2 Å². The van der Waals surface area contributed by atoms with E-state index in [1.807, 2.05) is 6.07 Å². The number of hydrogen-bond donors (Lipinski definition) is 1. The first-order valence-corrected chi connectivity index (χ1v) is 12.4. The van der Waals surface area contributed by atoms with Gasteiger partial charge < -0.3 is 5.11 Å². The van der Waals surface area contributed by atoms with Crippen LogP contribution in [0.5, 0.6) is 5.75 Å². The van der Waals surface area contributed by atoms with Crippen molar-refractivity contribution in [2.24, 2.45) is 0 Å². The Bertz CT molecular complexity index is 378. The first kappa shape index (κ1) is 13.6. The van der Waals surface area contributed by atoms with Gasteiger partial charge in [-0.25, -0.2) is 0 Å². The quantitative estimate of drug-likeness (QED) is 0.782. The van der Waals surface area contributed by atoms with E-state index < -0.39 is 0 Å². The fraction of sp³-hybridized carbons (Fsp3) is 0.0769. The number of hydrogen-bond acceptors (Lipinski definition) is 1. The molecule has 0 amide bonds. The molecule has 0 atom stereocenters. The molecule has 2 aromatic carbocycles. The number of para-hydroxylation sites is 1. The molecule has 0 fully saturated rings. The molecule has 0 aliphatic carbocycles. The van der Waals surface area contributed by atoms with Gasteiger partial charge in [0.2, 0.25) is 0 Å². The number of aromatic hydroxyl groups is 1. The Morgan fingerprint density at radius 3 is 1.75 bits per heavy atom. The summed E-state index contributed by atoms with van der Waals surface area (Å²) in [6.07, 6.45) is 0. The van der Waals surface area contributed by atoms with Crippen LogP contribution < -0.4 is 0 Å². The van der Waals surface area contributed by atoms with E-state index in [0.717, 1.165) is 0 Å². The minimum atomic E-state index is -0.0537. The molecule has 2 aromatic rings. The van der Waals surface area contributed by atoms with Crippen molar-refractivity contribution in [3.8, 4) is 5.75 Å². The SMILES string of the molecule is Oc1ccccc1.[Br][Sb][CH2]c1ccccc1. The van der Waals surface area contributed by atoms with Crippen molar-refractivity contribution in [1.82, 2.24) is 0 Å². The molecule has 0 spiro atoms. The molecule has 16 heavy (non-hydrogen) atoms. The van der Waals surface area contributed by atoms with Crippen molar-refractivity contribution in [1.29, 1.82) is 0 Å². The molecule has 0 unspecified atom stereocenters. The molecule has 0 heterocycles. The van der Waals surface area contributed by atoms with Crippen molar-refractivity contribution in [3.05, 3.63) is 66.2 Å². The molecule has 2 rings (SSSR count). The fourth-order valence-electron chi connectivity index (χ4n) is 1.08. The second-order valence-corrected chi connectivity index (χ2v) is 8.05. The first-order chi connectivity index (χ1) is 7.83. The van der Waals surface area contributed by atoms with Gasteiger partial charge >= 0.3 is 72.2 Å². The van der Waals surface area contributed by atoms with E-state index in [-0.39, 0.29) is 19.4 Å². The van der Waals surface area contributed by atoms with Crippen molar-refractivity contribution in [2.75, 3.05) is 0 Å². The summed E-state index contributed by atoms with van der Waals surface area (Å²) < 4.78 is 1.28. The number of benzene rings is 2. The zero-order valence-corrected chi connectivity index (χ0v) is 12.9. The standard InChI is InChI=1S/C7H7.C6H6O.BrH.Sb/c1-7-5-3-2-4-6-7;7-6-4-2-1-3-5-6;;/h2-6H,1H2;1-5,7H;1H;/q;;;+1/p-1. The van der Waals surface area contributed by atoms with Crippen LogP contribution in [0.4, 0.5) is 0 Å². The summed E-state index contributed by atoms with van der Waals surface area (Å²) in [6.45, 7) is 0. The van der Waals surface area contributed by atoms with Crippen molar-refractivity contribution in [3.63, 3.8) is 0 Å². The van der Waals surface area contributed by atoms with E-state index in [0.29, 0.717) is 5.75 Å². The Balaban J connectivity index is 0.000000165. The molecule has 0 bridgehead atoms. The van der Waals surface area contributed by atoms with Gasteiger partial charge in [-0.1, -0.05) is 18.2 Å². The predicted octanol–water partition coefficient (Wildman–Crippen LogP) is 3.59. The van der Waals surface area contributed by atoms with Gasteiger partial charge in [0.15, 0.2) is 0 Å². The van der Waals surface area contributed by atoms with Crippen molar-refractivity contribution >= 4 is 32.0 Å². The van der Waals surface area contributed by atoms with E-state index in [2.05, 4.69) is 42.9 Å². The molecular weight excluding hydrogens is 374 g/mol. The van der Waals surface area contributed by atoms with E-state index >= 15 is 0 Å². The van der Waals surface area contributed by atoms with E-state index in [1.165, 1.54) is 9.93 Å². The number of halogens is 1. The van der Waals surface area contributed by atoms with Crippen LogP contribution in [0.2, 0.25) is 0 Å². The molecule has 0 saturated heterocycles. The Morgan fingerprint density at radius 2 is 1.38 bits per heavy atom. The van der Waals surface area contributed by atoms with Gasteiger partial charge in [-0.3, -0.25) is 0 Å². The summed E-state index contributed by atoms with van der Waals surface area (Å²) in [5, 5.41) is 8.63. The third kappa shape index (κ3) is 6.19. The predicted molar refractivity (Wildman–Crippen MR) is 72.9 cm³/mol. The van der Waals surface area contributed by atoms with Gasteiger partial charge in [0.1, 0.15) is 5.75 Å². The molecule has 3 heteroatoms. The maximum atomic E-state index is 8.63. The van der Waals surface area contributed by atoms with Crippen LogP contribution in [0.3, 0.4) is 0 Å². The third-order valence-corrected chi connectivity index (χ3v) is 4.91. The van der Waals surface area contributed by atoms with Gasteiger partial charge in [0.05, 0.1) is 0 Å². The third-order valence-electron chi connectivity index (χ3n) is 1.84. The normalized spacial score (nSPS) is 9.06. The summed E-state index contributed by atoms with van der Waals surface area (Å²) in [4.78, 5) is 0. The summed E-state index contributed by atoms with van der Waals surface area (Å²) >= 11 is 3.48. The second-order valence-electron chi connectivity index (χ2n) is 3.10. The average Bonchev–Trinajstić information content (AvgIpc) is 2.33. The summed E-state index contributed by atoms with van der Waals surface area (Å²) in [6, 6.07) is 19.3. The molecule has 0 aromatic heterocycles. The fourth-order valence-corrected chi connectivity index (χ4v) is 4.02. The number of rotatable bonds is 2. The molecule has 1 N–H and O–H groups in total. The Morgan fingerprint density at radius 1 is 0.875 bits per heavy atom. The van der Waals surface area contributed by atoms with Crippen molar-refractivity contribution < 1.29 is 5.11 Å². The van der Waals surface area contributed by atoms with Gasteiger partial charge in [-0.05, 0) is 12.1 Å². The number of phenolic OH excluding ortho intramolecular Hbond substituents is 1. The average molecular weight is 387 g/mol. The molecule has 1 nitrogen and oxygen atoms in total. The van der Waals surface area contributed by atoms with Gasteiger partial charge in [0.25, 0.3) is 0 Å². The Labute approximate surface area is 113 Å². The van der Waals surface area contributed by atoms with Gasteiger partial charge in [-0.2, -0.15) is 0 Å². The van der Waals surface area contributed by atoms with Crippen molar-refractivity contribution in [2.45, 2.75) is 4.37 Å². The zero-order chi connectivity index (χ0) is 11.6. The van der Waals surface area contributed by atoms with E-state index in [1.54, 1.807) is 24.3 Å². The first-order valence-electron chi connectivity index (χ1n) is 4.88. The minimum absolute atomic E-state index is 0.0537. The summed E-state index contributed by atoms with van der Waals surface area (Å²) in [5.41, 5.74) is 1.46. The Kier molecular flexibility index (Phi) is 7.36. The summed E-state index contributed by atoms with van der Waals surface area (Å²) in [5.74, 6) is 0.322. The Hall–Kier alpha value is -0.462. The van der Waals surface area contributed by atoms with Gasteiger partial charge in [-0.15, -0.1) is 0 Å². The zero-order valence-electron chi connectivity index (χ0n) is 8.75.